The van der Waals surface area contributed by atoms with Crippen LogP contribution in [0.15, 0.2) is 24.3 Å². The lowest BCUT2D eigenvalue weighted by Gasteiger charge is -2.16. The summed E-state index contributed by atoms with van der Waals surface area (Å²) < 4.78 is 42.3. The number of methoxy groups -OCH3 is 1. The summed E-state index contributed by atoms with van der Waals surface area (Å²) in [6.07, 6.45) is -2.49. The molecule has 0 aliphatic carbocycles. The highest BCUT2D eigenvalue weighted by atomic mass is 19.4. The van der Waals surface area contributed by atoms with E-state index in [2.05, 4.69) is 12.2 Å². The minimum Gasteiger partial charge on any atom is -0.383 e. The Balaban J connectivity index is 2.49. The second-order valence-electron chi connectivity index (χ2n) is 4.87. The average molecular weight is 289 g/mol. The summed E-state index contributed by atoms with van der Waals surface area (Å²) in [7, 11) is 1.65. The van der Waals surface area contributed by atoms with Crippen LogP contribution in [0.25, 0.3) is 0 Å². The first-order chi connectivity index (χ1) is 9.47. The Morgan fingerprint density at radius 2 is 1.85 bits per heavy atom. The molecule has 0 amide bonds. The van der Waals surface area contributed by atoms with Crippen molar-refractivity contribution < 1.29 is 17.9 Å². The Morgan fingerprint density at radius 3 is 2.35 bits per heavy atom. The highest BCUT2D eigenvalue weighted by molar-refractivity contribution is 5.24. The van der Waals surface area contributed by atoms with Gasteiger partial charge in [0.1, 0.15) is 0 Å². The van der Waals surface area contributed by atoms with E-state index in [9.17, 15) is 13.2 Å². The molecule has 5 heteroatoms. The predicted molar refractivity (Wildman–Crippen MR) is 73.7 cm³/mol. The van der Waals surface area contributed by atoms with Crippen LogP contribution in [-0.2, 0) is 17.3 Å². The van der Waals surface area contributed by atoms with Gasteiger partial charge in [-0.05, 0) is 36.6 Å². The molecule has 0 radical (unpaired) electrons. The summed E-state index contributed by atoms with van der Waals surface area (Å²) in [4.78, 5) is 0. The molecule has 2 nitrogen and oxygen atoms in total. The highest BCUT2D eigenvalue weighted by Gasteiger charge is 2.29. The molecule has 0 fully saturated rings. The molecule has 0 saturated carbocycles. The van der Waals surface area contributed by atoms with Gasteiger partial charge < -0.3 is 10.1 Å². The number of rotatable bonds is 8. The number of hydrogen-bond donors (Lipinski definition) is 1. The van der Waals surface area contributed by atoms with Gasteiger partial charge in [-0.25, -0.2) is 0 Å². The molecule has 1 N–H and O–H groups in total. The summed E-state index contributed by atoms with van der Waals surface area (Å²) >= 11 is 0. The van der Waals surface area contributed by atoms with Crippen molar-refractivity contribution in [1.82, 2.24) is 5.32 Å². The van der Waals surface area contributed by atoms with Gasteiger partial charge in [-0.15, -0.1) is 0 Å². The summed E-state index contributed by atoms with van der Waals surface area (Å²) in [6, 6.07) is 5.45. The molecule has 0 aliphatic heterocycles. The summed E-state index contributed by atoms with van der Waals surface area (Å²) in [5.74, 6) is 0.420. The van der Waals surface area contributed by atoms with Crippen molar-refractivity contribution in [1.29, 1.82) is 0 Å². The Hall–Kier alpha value is -1.07. The lowest BCUT2D eigenvalue weighted by molar-refractivity contribution is -0.137. The smallest absolute Gasteiger partial charge is 0.383 e. The maximum atomic E-state index is 12.5. The third-order valence-electron chi connectivity index (χ3n) is 3.30. The minimum atomic E-state index is -4.26. The summed E-state index contributed by atoms with van der Waals surface area (Å²) in [6.45, 7) is 4.39. The number of ether oxygens (including phenoxy) is 1. The van der Waals surface area contributed by atoms with Gasteiger partial charge in [0.15, 0.2) is 0 Å². The van der Waals surface area contributed by atoms with Crippen molar-refractivity contribution in [3.63, 3.8) is 0 Å². The van der Waals surface area contributed by atoms with Crippen molar-refractivity contribution in [3.8, 4) is 0 Å². The Bertz CT molecular complexity index is 376. The molecule has 1 rings (SSSR count). The van der Waals surface area contributed by atoms with E-state index in [-0.39, 0.29) is 0 Å². The van der Waals surface area contributed by atoms with Crippen LogP contribution in [0.4, 0.5) is 13.2 Å². The number of nitrogens with one attached hydrogen (secondary N) is 1. The normalized spacial score (nSPS) is 13.4. The zero-order chi connectivity index (χ0) is 15.0. The molecular formula is C15H22F3NO. The molecule has 1 aromatic rings. The molecular weight excluding hydrogens is 267 g/mol. The van der Waals surface area contributed by atoms with E-state index >= 15 is 0 Å². The minimum absolute atomic E-state index is 0.420. The van der Waals surface area contributed by atoms with E-state index in [1.54, 1.807) is 19.2 Å². The fourth-order valence-corrected chi connectivity index (χ4v) is 2.00. The van der Waals surface area contributed by atoms with Crippen LogP contribution < -0.4 is 5.32 Å². The molecule has 114 valence electrons. The first-order valence-electron chi connectivity index (χ1n) is 6.83. The van der Waals surface area contributed by atoms with Gasteiger partial charge in [-0.1, -0.05) is 25.5 Å². The van der Waals surface area contributed by atoms with Crippen LogP contribution in [0.3, 0.4) is 0 Å². The van der Waals surface area contributed by atoms with Crippen LogP contribution in [0.2, 0.25) is 0 Å². The van der Waals surface area contributed by atoms with E-state index in [4.69, 9.17) is 4.74 Å². The third-order valence-corrected chi connectivity index (χ3v) is 3.30. The molecule has 0 bridgehead atoms. The maximum Gasteiger partial charge on any atom is 0.416 e. The van der Waals surface area contributed by atoms with Crippen molar-refractivity contribution in [2.24, 2.45) is 5.92 Å². The van der Waals surface area contributed by atoms with E-state index in [0.717, 1.165) is 43.6 Å². The van der Waals surface area contributed by atoms with Crippen LogP contribution in [-0.4, -0.2) is 26.8 Å². The molecule has 1 aromatic carbocycles. The van der Waals surface area contributed by atoms with Crippen molar-refractivity contribution in [2.45, 2.75) is 25.9 Å². The molecule has 1 atom stereocenters. The van der Waals surface area contributed by atoms with E-state index in [1.807, 2.05) is 0 Å². The molecule has 0 aromatic heterocycles. The predicted octanol–water partition coefficient (Wildman–Crippen LogP) is 3.51. The number of hydrogen-bond acceptors (Lipinski definition) is 2. The van der Waals surface area contributed by atoms with Gasteiger partial charge in [0.25, 0.3) is 0 Å². The number of halogens is 3. The van der Waals surface area contributed by atoms with Crippen molar-refractivity contribution in [2.75, 3.05) is 26.8 Å². The molecule has 0 heterocycles. The largest absolute Gasteiger partial charge is 0.416 e. The fourth-order valence-electron chi connectivity index (χ4n) is 2.00. The standard InChI is InChI=1S/C15H22F3NO/c1-3-12(11-19-8-9-20-2)10-13-4-6-14(7-5-13)15(16,17)18/h4-7,12,19H,3,8-11H2,1-2H3. The Labute approximate surface area is 118 Å². The molecule has 0 saturated heterocycles. The Kier molecular flexibility index (Phi) is 7.02. The highest BCUT2D eigenvalue weighted by Crippen LogP contribution is 2.29. The monoisotopic (exact) mass is 289 g/mol. The molecule has 20 heavy (non-hydrogen) atoms. The molecule has 0 spiro atoms. The van der Waals surface area contributed by atoms with E-state index < -0.39 is 11.7 Å². The third kappa shape index (κ3) is 5.92. The van der Waals surface area contributed by atoms with E-state index in [1.165, 1.54) is 0 Å². The van der Waals surface area contributed by atoms with Crippen molar-refractivity contribution >= 4 is 0 Å². The van der Waals surface area contributed by atoms with Gasteiger partial charge in [0.2, 0.25) is 0 Å². The van der Waals surface area contributed by atoms with Gasteiger partial charge in [-0.3, -0.25) is 0 Å². The van der Waals surface area contributed by atoms with Crippen LogP contribution in [0, 0.1) is 5.92 Å². The van der Waals surface area contributed by atoms with Crippen LogP contribution in [0.5, 0.6) is 0 Å². The van der Waals surface area contributed by atoms with Crippen LogP contribution >= 0.6 is 0 Å². The summed E-state index contributed by atoms with van der Waals surface area (Å²) in [5, 5.41) is 3.29. The second kappa shape index (κ2) is 8.27. The lowest BCUT2D eigenvalue weighted by atomic mass is 9.96. The van der Waals surface area contributed by atoms with Crippen molar-refractivity contribution in [3.05, 3.63) is 35.4 Å². The van der Waals surface area contributed by atoms with Crippen LogP contribution in [0.1, 0.15) is 24.5 Å². The SMILES string of the molecule is CCC(CNCCOC)Cc1ccc(C(F)(F)F)cc1. The molecule has 1 unspecified atom stereocenters. The topological polar surface area (TPSA) is 21.3 Å². The fraction of sp³-hybridized carbons (Fsp3) is 0.600. The first-order valence-corrected chi connectivity index (χ1v) is 6.83. The summed E-state index contributed by atoms with van der Waals surface area (Å²) in [5.41, 5.74) is 0.353. The zero-order valence-electron chi connectivity index (χ0n) is 12.0. The van der Waals surface area contributed by atoms with Gasteiger partial charge in [-0.2, -0.15) is 13.2 Å². The average Bonchev–Trinajstić information content (AvgIpc) is 2.42. The first kappa shape index (κ1) is 17.0. The quantitative estimate of drug-likeness (QED) is 0.739. The lowest BCUT2D eigenvalue weighted by Crippen LogP contribution is -2.27. The maximum absolute atomic E-state index is 12.5. The number of benzene rings is 1. The number of alkyl halides is 3. The van der Waals surface area contributed by atoms with E-state index in [0.29, 0.717) is 12.5 Å². The molecule has 0 aliphatic rings. The van der Waals surface area contributed by atoms with Gasteiger partial charge in [0.05, 0.1) is 12.2 Å². The van der Waals surface area contributed by atoms with Gasteiger partial charge in [0, 0.05) is 13.7 Å². The van der Waals surface area contributed by atoms with Gasteiger partial charge >= 0.3 is 6.18 Å². The second-order valence-corrected chi connectivity index (χ2v) is 4.87. The zero-order valence-corrected chi connectivity index (χ0v) is 12.0. The Morgan fingerprint density at radius 1 is 1.20 bits per heavy atom.